The standard InChI is InChI=1S/C14H20N4O/c1-10-6-14-16-8-11(9-18(14)17-10)7-15-12-4-2-3-5-13(12)19/h6,8-9,12-13,15,19H,2-5,7H2,1H3. The number of aryl methyl sites for hydroxylation is 1. The number of nitrogens with zero attached hydrogens (tertiary/aromatic N) is 3. The molecule has 1 fully saturated rings. The van der Waals surface area contributed by atoms with Crippen LogP contribution >= 0.6 is 0 Å². The van der Waals surface area contributed by atoms with Crippen LogP contribution < -0.4 is 5.32 Å². The molecule has 1 aliphatic rings. The summed E-state index contributed by atoms with van der Waals surface area (Å²) >= 11 is 0. The average molecular weight is 260 g/mol. The van der Waals surface area contributed by atoms with Crippen molar-refractivity contribution in [3.05, 3.63) is 29.7 Å². The van der Waals surface area contributed by atoms with Gasteiger partial charge in [0.25, 0.3) is 0 Å². The lowest BCUT2D eigenvalue weighted by Crippen LogP contribution is -2.41. The minimum absolute atomic E-state index is 0.211. The third-order valence-corrected chi connectivity index (χ3v) is 3.79. The highest BCUT2D eigenvalue weighted by Crippen LogP contribution is 2.18. The van der Waals surface area contributed by atoms with Gasteiger partial charge in [-0.1, -0.05) is 12.8 Å². The first kappa shape index (κ1) is 12.6. The summed E-state index contributed by atoms with van der Waals surface area (Å²) in [5.74, 6) is 0. The smallest absolute Gasteiger partial charge is 0.155 e. The number of fused-ring (bicyclic) bond motifs is 1. The number of aliphatic hydroxyl groups is 1. The third-order valence-electron chi connectivity index (χ3n) is 3.79. The highest BCUT2D eigenvalue weighted by atomic mass is 16.3. The largest absolute Gasteiger partial charge is 0.392 e. The van der Waals surface area contributed by atoms with Crippen molar-refractivity contribution in [3.63, 3.8) is 0 Å². The maximum absolute atomic E-state index is 9.93. The molecule has 3 rings (SSSR count). The zero-order valence-corrected chi connectivity index (χ0v) is 11.2. The lowest BCUT2D eigenvalue weighted by Gasteiger charge is -2.28. The molecule has 102 valence electrons. The number of aromatic nitrogens is 3. The molecular formula is C14H20N4O. The Balaban J connectivity index is 1.67. The van der Waals surface area contributed by atoms with Gasteiger partial charge in [-0.2, -0.15) is 5.10 Å². The monoisotopic (exact) mass is 260 g/mol. The molecule has 19 heavy (non-hydrogen) atoms. The van der Waals surface area contributed by atoms with Crippen LogP contribution in [0, 0.1) is 6.92 Å². The topological polar surface area (TPSA) is 62.5 Å². The molecule has 0 radical (unpaired) electrons. The Kier molecular flexibility index (Phi) is 3.48. The first-order chi connectivity index (χ1) is 9.22. The molecule has 5 nitrogen and oxygen atoms in total. The lowest BCUT2D eigenvalue weighted by atomic mass is 9.92. The predicted octanol–water partition coefficient (Wildman–Crippen LogP) is 1.43. The van der Waals surface area contributed by atoms with E-state index in [1.807, 2.05) is 29.9 Å². The van der Waals surface area contributed by atoms with Crippen LogP contribution in [-0.2, 0) is 6.54 Å². The van der Waals surface area contributed by atoms with Gasteiger partial charge in [0.15, 0.2) is 5.65 Å². The first-order valence-electron chi connectivity index (χ1n) is 6.95. The number of hydrogen-bond donors (Lipinski definition) is 2. The molecule has 0 amide bonds. The molecule has 5 heteroatoms. The SMILES string of the molecule is Cc1cc2ncc(CNC3CCCCC3O)cn2n1. The predicted molar refractivity (Wildman–Crippen MR) is 72.8 cm³/mol. The van der Waals surface area contributed by atoms with Crippen molar-refractivity contribution in [3.8, 4) is 0 Å². The van der Waals surface area contributed by atoms with Crippen LogP contribution in [0.15, 0.2) is 18.5 Å². The highest BCUT2D eigenvalue weighted by molar-refractivity contribution is 5.38. The van der Waals surface area contributed by atoms with E-state index in [1.165, 1.54) is 6.42 Å². The van der Waals surface area contributed by atoms with Crippen LogP contribution in [0.3, 0.4) is 0 Å². The summed E-state index contributed by atoms with van der Waals surface area (Å²) in [5, 5.41) is 17.7. The van der Waals surface area contributed by atoms with E-state index < -0.39 is 0 Å². The fourth-order valence-corrected chi connectivity index (χ4v) is 2.72. The van der Waals surface area contributed by atoms with Gasteiger partial charge in [0.05, 0.1) is 11.8 Å². The second-order valence-electron chi connectivity index (χ2n) is 5.39. The Hall–Kier alpha value is -1.46. The molecule has 2 aromatic heterocycles. The second-order valence-corrected chi connectivity index (χ2v) is 5.39. The first-order valence-corrected chi connectivity index (χ1v) is 6.95. The van der Waals surface area contributed by atoms with E-state index in [4.69, 9.17) is 0 Å². The van der Waals surface area contributed by atoms with Gasteiger partial charge >= 0.3 is 0 Å². The van der Waals surface area contributed by atoms with Crippen molar-refractivity contribution in [2.45, 2.75) is 51.3 Å². The van der Waals surface area contributed by atoms with Crippen LogP contribution in [0.4, 0.5) is 0 Å². The fourth-order valence-electron chi connectivity index (χ4n) is 2.72. The Morgan fingerprint density at radius 3 is 3.11 bits per heavy atom. The molecular weight excluding hydrogens is 240 g/mol. The van der Waals surface area contributed by atoms with E-state index in [2.05, 4.69) is 15.4 Å². The Morgan fingerprint density at radius 1 is 1.42 bits per heavy atom. The highest BCUT2D eigenvalue weighted by Gasteiger charge is 2.22. The number of aliphatic hydroxyl groups excluding tert-OH is 1. The van der Waals surface area contributed by atoms with Crippen molar-refractivity contribution < 1.29 is 5.11 Å². The molecule has 0 bridgehead atoms. The molecule has 2 aromatic rings. The van der Waals surface area contributed by atoms with Gasteiger partial charge in [0, 0.05) is 36.6 Å². The Labute approximate surface area is 112 Å². The van der Waals surface area contributed by atoms with Gasteiger partial charge in [-0.25, -0.2) is 9.50 Å². The number of rotatable bonds is 3. The van der Waals surface area contributed by atoms with Crippen molar-refractivity contribution in [2.24, 2.45) is 0 Å². The van der Waals surface area contributed by atoms with Gasteiger partial charge in [-0.3, -0.25) is 0 Å². The van der Waals surface area contributed by atoms with E-state index in [-0.39, 0.29) is 12.1 Å². The Bertz CT molecular complexity index is 566. The average Bonchev–Trinajstić information content (AvgIpc) is 2.77. The van der Waals surface area contributed by atoms with Crippen LogP contribution in [0.25, 0.3) is 5.65 Å². The molecule has 1 saturated carbocycles. The van der Waals surface area contributed by atoms with Crippen LogP contribution in [0.5, 0.6) is 0 Å². The number of hydrogen-bond acceptors (Lipinski definition) is 4. The van der Waals surface area contributed by atoms with Crippen molar-refractivity contribution in [1.82, 2.24) is 19.9 Å². The molecule has 2 N–H and O–H groups in total. The van der Waals surface area contributed by atoms with E-state index in [1.54, 1.807) is 0 Å². The van der Waals surface area contributed by atoms with Crippen molar-refractivity contribution >= 4 is 5.65 Å². The zero-order valence-electron chi connectivity index (χ0n) is 11.2. The number of nitrogens with one attached hydrogen (secondary N) is 1. The molecule has 0 saturated heterocycles. The summed E-state index contributed by atoms with van der Waals surface area (Å²) in [7, 11) is 0. The molecule has 0 aromatic carbocycles. The molecule has 2 heterocycles. The normalized spacial score (nSPS) is 23.9. The molecule has 0 spiro atoms. The minimum Gasteiger partial charge on any atom is -0.392 e. The quantitative estimate of drug-likeness (QED) is 0.876. The minimum atomic E-state index is -0.211. The summed E-state index contributed by atoms with van der Waals surface area (Å²) < 4.78 is 1.81. The molecule has 0 aliphatic heterocycles. The van der Waals surface area contributed by atoms with Gasteiger partial charge in [0.2, 0.25) is 0 Å². The van der Waals surface area contributed by atoms with E-state index >= 15 is 0 Å². The van der Waals surface area contributed by atoms with E-state index in [9.17, 15) is 5.11 Å². The van der Waals surface area contributed by atoms with Gasteiger partial charge in [-0.05, 0) is 19.8 Å². The molecule has 2 atom stereocenters. The third kappa shape index (κ3) is 2.77. The van der Waals surface area contributed by atoms with Crippen LogP contribution in [0.1, 0.15) is 36.9 Å². The van der Waals surface area contributed by atoms with Crippen LogP contribution in [-0.4, -0.2) is 31.9 Å². The van der Waals surface area contributed by atoms with Gasteiger partial charge in [-0.15, -0.1) is 0 Å². The van der Waals surface area contributed by atoms with Gasteiger partial charge in [0.1, 0.15) is 0 Å². The van der Waals surface area contributed by atoms with Crippen molar-refractivity contribution in [1.29, 1.82) is 0 Å². The summed E-state index contributed by atoms with van der Waals surface area (Å²) in [6.07, 6.45) is 7.96. The zero-order chi connectivity index (χ0) is 13.2. The fraction of sp³-hybridized carbons (Fsp3) is 0.571. The summed E-state index contributed by atoms with van der Waals surface area (Å²) in [4.78, 5) is 4.38. The summed E-state index contributed by atoms with van der Waals surface area (Å²) in [5.41, 5.74) is 2.94. The van der Waals surface area contributed by atoms with Crippen molar-refractivity contribution in [2.75, 3.05) is 0 Å². The summed E-state index contributed by atoms with van der Waals surface area (Å²) in [6, 6.07) is 2.17. The van der Waals surface area contributed by atoms with Crippen LogP contribution in [0.2, 0.25) is 0 Å². The van der Waals surface area contributed by atoms with E-state index in [0.717, 1.165) is 42.7 Å². The summed E-state index contributed by atoms with van der Waals surface area (Å²) in [6.45, 7) is 2.69. The van der Waals surface area contributed by atoms with E-state index in [0.29, 0.717) is 0 Å². The Morgan fingerprint density at radius 2 is 2.26 bits per heavy atom. The lowest BCUT2D eigenvalue weighted by molar-refractivity contribution is 0.0902. The molecule has 1 aliphatic carbocycles. The maximum Gasteiger partial charge on any atom is 0.155 e. The molecule has 2 unspecified atom stereocenters. The van der Waals surface area contributed by atoms with Gasteiger partial charge < -0.3 is 10.4 Å². The maximum atomic E-state index is 9.93. The second kappa shape index (κ2) is 5.27.